The molecule has 0 saturated heterocycles. The van der Waals surface area contributed by atoms with Gasteiger partial charge in [0.05, 0.1) is 10.5 Å². The highest BCUT2D eigenvalue weighted by atomic mass is 35.5. The quantitative estimate of drug-likeness (QED) is 0.723. The molecule has 0 bridgehead atoms. The molecule has 0 atom stereocenters. The minimum Gasteiger partial charge on any atom is -0.476 e. The van der Waals surface area contributed by atoms with E-state index in [2.05, 4.69) is 15.0 Å². The van der Waals surface area contributed by atoms with Gasteiger partial charge in [-0.3, -0.25) is 0 Å². The summed E-state index contributed by atoms with van der Waals surface area (Å²) in [6, 6.07) is 0. The Hall–Kier alpha value is -1.62. The van der Waals surface area contributed by atoms with Crippen molar-refractivity contribution < 1.29 is 9.90 Å². The number of carbonyl (C=O) groups is 1. The first-order chi connectivity index (χ1) is 6.20. The Morgan fingerprint density at radius 1 is 1.54 bits per heavy atom. The van der Waals surface area contributed by atoms with Crippen LogP contribution >= 0.6 is 11.6 Å². The molecule has 0 aromatic carbocycles. The highest BCUT2D eigenvalue weighted by molar-refractivity contribution is 6.35. The van der Waals surface area contributed by atoms with Crippen LogP contribution in [0.1, 0.15) is 10.5 Å². The monoisotopic (exact) mass is 197 g/mol. The number of rotatable bonds is 1. The minimum atomic E-state index is -1.11. The lowest BCUT2D eigenvalue weighted by Gasteiger charge is -1.93. The van der Waals surface area contributed by atoms with Gasteiger partial charge in [0.15, 0.2) is 5.69 Å². The van der Waals surface area contributed by atoms with Crippen LogP contribution in [0.2, 0.25) is 5.02 Å². The summed E-state index contributed by atoms with van der Waals surface area (Å²) in [6.07, 6.45) is 2.65. The van der Waals surface area contributed by atoms with Crippen LogP contribution in [0.4, 0.5) is 0 Å². The van der Waals surface area contributed by atoms with Gasteiger partial charge in [0.25, 0.3) is 0 Å². The number of H-pyrrole nitrogens is 1. The highest BCUT2D eigenvalue weighted by Gasteiger charge is 2.13. The molecule has 2 aromatic heterocycles. The standard InChI is InChI=1S/C7H4ClN3O2/c8-3-1-9-5-4(3)10-2-11-6(5)7(12)13/h1-2,9H,(H,12,13). The molecule has 0 amide bonds. The summed E-state index contributed by atoms with van der Waals surface area (Å²) in [4.78, 5) is 20.8. The van der Waals surface area contributed by atoms with Gasteiger partial charge in [0, 0.05) is 6.20 Å². The lowest BCUT2D eigenvalue weighted by Crippen LogP contribution is -2.01. The van der Waals surface area contributed by atoms with Gasteiger partial charge in [0.2, 0.25) is 0 Å². The topological polar surface area (TPSA) is 78.9 Å². The smallest absolute Gasteiger partial charge is 0.356 e. The first-order valence-corrected chi connectivity index (χ1v) is 3.79. The second kappa shape index (κ2) is 2.70. The van der Waals surface area contributed by atoms with Crippen molar-refractivity contribution in [1.29, 1.82) is 0 Å². The van der Waals surface area contributed by atoms with Crippen LogP contribution in [0, 0.1) is 0 Å². The van der Waals surface area contributed by atoms with Crippen LogP contribution in [0.3, 0.4) is 0 Å². The number of aromatic carboxylic acids is 1. The van der Waals surface area contributed by atoms with E-state index in [1.165, 1.54) is 12.5 Å². The van der Waals surface area contributed by atoms with Gasteiger partial charge < -0.3 is 10.1 Å². The van der Waals surface area contributed by atoms with E-state index < -0.39 is 5.97 Å². The Bertz CT molecular complexity index is 480. The average Bonchev–Trinajstić information content (AvgIpc) is 2.48. The van der Waals surface area contributed by atoms with Crippen molar-refractivity contribution >= 4 is 28.6 Å². The van der Waals surface area contributed by atoms with Gasteiger partial charge in [-0.2, -0.15) is 0 Å². The van der Waals surface area contributed by atoms with E-state index >= 15 is 0 Å². The van der Waals surface area contributed by atoms with E-state index in [-0.39, 0.29) is 5.69 Å². The van der Waals surface area contributed by atoms with Gasteiger partial charge in [-0.15, -0.1) is 0 Å². The highest BCUT2D eigenvalue weighted by Crippen LogP contribution is 2.21. The van der Waals surface area contributed by atoms with Crippen molar-refractivity contribution in [1.82, 2.24) is 15.0 Å². The predicted octanol–water partition coefficient (Wildman–Crippen LogP) is 1.31. The molecule has 0 unspecified atom stereocenters. The maximum atomic E-state index is 10.7. The Morgan fingerprint density at radius 3 is 3.00 bits per heavy atom. The molecule has 13 heavy (non-hydrogen) atoms. The van der Waals surface area contributed by atoms with Crippen LogP contribution < -0.4 is 0 Å². The fraction of sp³-hybridized carbons (Fsp3) is 0. The zero-order chi connectivity index (χ0) is 9.42. The minimum absolute atomic E-state index is 0.0723. The van der Waals surface area contributed by atoms with Crippen molar-refractivity contribution in [3.63, 3.8) is 0 Å². The maximum Gasteiger partial charge on any atom is 0.356 e. The zero-order valence-corrected chi connectivity index (χ0v) is 7.04. The fourth-order valence-electron chi connectivity index (χ4n) is 1.07. The Balaban J connectivity index is 2.84. The van der Waals surface area contributed by atoms with E-state index in [9.17, 15) is 4.79 Å². The normalized spacial score (nSPS) is 10.5. The van der Waals surface area contributed by atoms with Gasteiger partial charge in [-0.05, 0) is 0 Å². The lowest BCUT2D eigenvalue weighted by atomic mass is 10.3. The average molecular weight is 198 g/mol. The van der Waals surface area contributed by atoms with E-state index in [0.29, 0.717) is 16.1 Å². The Kier molecular flexibility index (Phi) is 1.66. The third kappa shape index (κ3) is 1.13. The summed E-state index contributed by atoms with van der Waals surface area (Å²) in [5, 5.41) is 9.13. The molecule has 5 nitrogen and oxygen atoms in total. The summed E-state index contributed by atoms with van der Waals surface area (Å²) in [5.74, 6) is -1.11. The second-order valence-corrected chi connectivity index (χ2v) is 2.79. The van der Waals surface area contributed by atoms with E-state index in [4.69, 9.17) is 16.7 Å². The number of hydrogen-bond acceptors (Lipinski definition) is 3. The molecule has 0 radical (unpaired) electrons. The van der Waals surface area contributed by atoms with Crippen LogP contribution in [-0.4, -0.2) is 26.0 Å². The van der Waals surface area contributed by atoms with E-state index in [0.717, 1.165) is 0 Å². The SMILES string of the molecule is O=C(O)c1ncnc2c(Cl)c[nH]c12. The Morgan fingerprint density at radius 2 is 2.31 bits per heavy atom. The van der Waals surface area contributed by atoms with Crippen LogP contribution in [0.15, 0.2) is 12.5 Å². The number of aromatic nitrogens is 3. The molecule has 0 aliphatic carbocycles. The fourth-order valence-corrected chi connectivity index (χ4v) is 1.27. The van der Waals surface area contributed by atoms with Crippen LogP contribution in [0.5, 0.6) is 0 Å². The number of fused-ring (bicyclic) bond motifs is 1. The van der Waals surface area contributed by atoms with Gasteiger partial charge in [0.1, 0.15) is 11.8 Å². The van der Waals surface area contributed by atoms with Crippen molar-refractivity contribution in [3.8, 4) is 0 Å². The first kappa shape index (κ1) is 8.00. The molecular formula is C7H4ClN3O2. The number of halogens is 1. The summed E-state index contributed by atoms with van der Waals surface area (Å²) in [6.45, 7) is 0. The molecule has 0 spiro atoms. The first-order valence-electron chi connectivity index (χ1n) is 3.41. The number of carboxylic acids is 1. The molecule has 0 aliphatic heterocycles. The van der Waals surface area contributed by atoms with Gasteiger partial charge >= 0.3 is 5.97 Å². The summed E-state index contributed by atoms with van der Waals surface area (Å²) < 4.78 is 0. The largest absolute Gasteiger partial charge is 0.476 e. The van der Waals surface area contributed by atoms with Crippen molar-refractivity contribution in [3.05, 3.63) is 23.2 Å². The number of nitrogens with one attached hydrogen (secondary N) is 1. The summed E-state index contributed by atoms with van der Waals surface area (Å²) in [5.41, 5.74) is 0.700. The Labute approximate surface area is 77.4 Å². The molecule has 2 N–H and O–H groups in total. The molecule has 6 heteroatoms. The molecule has 0 saturated carbocycles. The predicted molar refractivity (Wildman–Crippen MR) is 45.9 cm³/mol. The van der Waals surface area contributed by atoms with Gasteiger partial charge in [-0.25, -0.2) is 14.8 Å². The lowest BCUT2D eigenvalue weighted by molar-refractivity contribution is 0.0692. The zero-order valence-electron chi connectivity index (χ0n) is 6.28. The maximum absolute atomic E-state index is 10.7. The third-order valence-corrected chi connectivity index (χ3v) is 1.91. The number of carboxylic acid groups (broad SMARTS) is 1. The molecule has 2 heterocycles. The van der Waals surface area contributed by atoms with Crippen molar-refractivity contribution in [2.24, 2.45) is 0 Å². The molecular weight excluding hydrogens is 194 g/mol. The summed E-state index contributed by atoms with van der Waals surface area (Å²) in [7, 11) is 0. The number of hydrogen-bond donors (Lipinski definition) is 2. The molecule has 66 valence electrons. The van der Waals surface area contributed by atoms with E-state index in [1.807, 2.05) is 0 Å². The second-order valence-electron chi connectivity index (χ2n) is 2.39. The molecule has 2 rings (SSSR count). The third-order valence-electron chi connectivity index (χ3n) is 1.62. The van der Waals surface area contributed by atoms with Gasteiger partial charge in [-0.1, -0.05) is 11.6 Å². The van der Waals surface area contributed by atoms with Crippen LogP contribution in [-0.2, 0) is 0 Å². The van der Waals surface area contributed by atoms with Crippen LogP contribution in [0.25, 0.3) is 11.0 Å². The van der Waals surface area contributed by atoms with Crippen molar-refractivity contribution in [2.75, 3.05) is 0 Å². The molecule has 0 aliphatic rings. The number of nitrogens with zero attached hydrogens (tertiary/aromatic N) is 2. The molecule has 0 fully saturated rings. The summed E-state index contributed by atoms with van der Waals surface area (Å²) >= 11 is 5.73. The van der Waals surface area contributed by atoms with E-state index in [1.54, 1.807) is 0 Å². The van der Waals surface area contributed by atoms with Crippen molar-refractivity contribution in [2.45, 2.75) is 0 Å². The number of aromatic amines is 1. The molecule has 2 aromatic rings.